The number of amides is 1. The number of Topliss-reactive ketones (excluding diaryl/α,β-unsaturated/α-hetero) is 4. The average Bonchev–Trinajstić information content (AvgIpc) is 3.75. The summed E-state index contributed by atoms with van der Waals surface area (Å²) in [6.45, 7) is 1.48. The summed E-state index contributed by atoms with van der Waals surface area (Å²) in [7, 11) is 4.58. The van der Waals surface area contributed by atoms with Crippen LogP contribution in [-0.2, 0) is 32.1 Å². The van der Waals surface area contributed by atoms with Crippen LogP contribution < -0.4 is 15.8 Å². The number of likely N-dealkylation sites (N-methyl/N-ethyl adjacent to an activating group) is 1. The molecule has 5 N–H and O–H groups in total. The van der Waals surface area contributed by atoms with E-state index in [9.17, 15) is 34.2 Å². The fourth-order valence-electron chi connectivity index (χ4n) is 7.57. The number of rotatable bonds is 7. The van der Waals surface area contributed by atoms with Crippen molar-refractivity contribution >= 4 is 39.8 Å². The number of carbonyl (C=O) groups excluding carboxylic acids is 5. The molecule has 3 fully saturated rings. The smallest absolute Gasteiger partial charge is 0.235 e. The van der Waals surface area contributed by atoms with E-state index in [4.69, 9.17) is 10.5 Å². The van der Waals surface area contributed by atoms with Crippen LogP contribution in [-0.4, -0.2) is 83.5 Å². The summed E-state index contributed by atoms with van der Waals surface area (Å²) in [6.07, 6.45) is 2.56. The van der Waals surface area contributed by atoms with Crippen molar-refractivity contribution in [3.8, 4) is 11.5 Å². The van der Waals surface area contributed by atoms with Crippen LogP contribution in [0.15, 0.2) is 18.2 Å². The van der Waals surface area contributed by atoms with E-state index in [0.717, 1.165) is 12.1 Å². The first kappa shape index (κ1) is 28.4. The van der Waals surface area contributed by atoms with Crippen LogP contribution >= 0.6 is 0 Å². The molecule has 0 aromatic heterocycles. The van der Waals surface area contributed by atoms with E-state index in [1.54, 1.807) is 20.2 Å². The lowest BCUT2D eigenvalue weighted by Gasteiger charge is -2.52. The molecule has 0 aliphatic heterocycles. The summed E-state index contributed by atoms with van der Waals surface area (Å²) in [6, 6.07) is 4.41. The fourth-order valence-corrected chi connectivity index (χ4v) is 7.57. The highest BCUT2D eigenvalue weighted by molar-refractivity contribution is 6.32. The van der Waals surface area contributed by atoms with Gasteiger partial charge in [0.2, 0.25) is 5.91 Å². The Morgan fingerprint density at radius 2 is 1.86 bits per heavy atom. The maximum Gasteiger partial charge on any atom is 0.235 e. The van der Waals surface area contributed by atoms with Gasteiger partial charge in [-0.1, -0.05) is 12.1 Å². The van der Waals surface area contributed by atoms with Crippen LogP contribution in [0.5, 0.6) is 11.5 Å². The molecule has 0 saturated heterocycles. The van der Waals surface area contributed by atoms with Gasteiger partial charge in [0.05, 0.1) is 24.6 Å². The Morgan fingerprint density at radius 1 is 1.14 bits per heavy atom. The Hall–Kier alpha value is -3.67. The summed E-state index contributed by atoms with van der Waals surface area (Å²) in [5.41, 5.74) is 3.89. The first-order valence-corrected chi connectivity index (χ1v) is 14.3. The van der Waals surface area contributed by atoms with E-state index >= 15 is 0 Å². The van der Waals surface area contributed by atoms with Gasteiger partial charge >= 0.3 is 0 Å². The minimum atomic E-state index is -2.76. The SMILES string of the molecule is COc1c2c(c(O)c3cc(CNCC4CC4)ccc13)C(=O)C1C(=O)C3(O)C(=O)C(C(N)=O)C(=O)C(N(C)C)C3CC1C2. The second-order valence-electron chi connectivity index (χ2n) is 12.5. The summed E-state index contributed by atoms with van der Waals surface area (Å²) < 4.78 is 5.78. The van der Waals surface area contributed by atoms with Crippen LogP contribution in [0.3, 0.4) is 0 Å². The molecule has 0 heterocycles. The predicted molar refractivity (Wildman–Crippen MR) is 150 cm³/mol. The standard InChI is InChI=1S/C31H35N3O8/c1-34(2)23-19-10-15-9-18-21(25(36)20(15)28(38)31(19,41)29(39)22(26(23)37)30(32)40)24(35)17-8-14(12-33-11-13-4-5-13)6-7-16(17)27(18)42-3/h6-8,13,15,19-20,22-23,33,35,41H,4-5,9-12H2,1-3H3,(H2,32,40). The molecular formula is C31H35N3O8. The van der Waals surface area contributed by atoms with Crippen molar-refractivity contribution in [2.24, 2.45) is 35.3 Å². The van der Waals surface area contributed by atoms with Gasteiger partial charge in [0.15, 0.2) is 34.7 Å². The third-order valence-electron chi connectivity index (χ3n) is 9.71. The minimum Gasteiger partial charge on any atom is -0.507 e. The van der Waals surface area contributed by atoms with Gasteiger partial charge in [0, 0.05) is 28.8 Å². The number of phenolic OH excluding ortho intramolecular Hbond substituents is 1. The molecule has 6 unspecified atom stereocenters. The van der Waals surface area contributed by atoms with Crippen molar-refractivity contribution in [1.29, 1.82) is 0 Å². The number of ether oxygens (including phenoxy) is 1. The molecule has 6 atom stereocenters. The monoisotopic (exact) mass is 577 g/mol. The number of ketones is 4. The molecule has 42 heavy (non-hydrogen) atoms. The van der Waals surface area contributed by atoms with Gasteiger partial charge in [0.25, 0.3) is 0 Å². The predicted octanol–water partition coefficient (Wildman–Crippen LogP) is 0.528. The first-order valence-electron chi connectivity index (χ1n) is 14.3. The normalized spacial score (nSPS) is 30.7. The van der Waals surface area contributed by atoms with E-state index in [1.165, 1.54) is 24.9 Å². The highest BCUT2D eigenvalue weighted by atomic mass is 16.5. The third kappa shape index (κ3) is 4.01. The summed E-state index contributed by atoms with van der Waals surface area (Å²) in [5, 5.41) is 27.6. The Balaban J connectivity index is 1.45. The van der Waals surface area contributed by atoms with Crippen molar-refractivity contribution < 1.29 is 38.9 Å². The van der Waals surface area contributed by atoms with E-state index in [-0.39, 0.29) is 24.2 Å². The molecule has 4 aliphatic carbocycles. The Kier molecular flexibility index (Phi) is 6.75. The second kappa shape index (κ2) is 9.96. The van der Waals surface area contributed by atoms with E-state index in [1.807, 2.05) is 12.1 Å². The van der Waals surface area contributed by atoms with Crippen LogP contribution in [0, 0.1) is 29.6 Å². The maximum atomic E-state index is 14.1. The van der Waals surface area contributed by atoms with E-state index in [2.05, 4.69) is 5.32 Å². The van der Waals surface area contributed by atoms with Gasteiger partial charge in [-0.3, -0.25) is 28.9 Å². The van der Waals surface area contributed by atoms with Gasteiger partial charge in [0.1, 0.15) is 11.5 Å². The van der Waals surface area contributed by atoms with Crippen molar-refractivity contribution in [1.82, 2.24) is 10.2 Å². The number of hydrogen-bond donors (Lipinski definition) is 4. The lowest BCUT2D eigenvalue weighted by atomic mass is 9.52. The van der Waals surface area contributed by atoms with Crippen molar-refractivity contribution in [2.75, 3.05) is 27.7 Å². The number of fused-ring (bicyclic) bond motifs is 4. The van der Waals surface area contributed by atoms with Gasteiger partial charge in [-0.2, -0.15) is 0 Å². The number of aliphatic hydroxyl groups is 1. The Morgan fingerprint density at radius 3 is 2.48 bits per heavy atom. The molecule has 2 aromatic rings. The van der Waals surface area contributed by atoms with Crippen LogP contribution in [0.1, 0.15) is 40.7 Å². The Bertz CT molecular complexity index is 1560. The zero-order valence-corrected chi connectivity index (χ0v) is 23.8. The summed E-state index contributed by atoms with van der Waals surface area (Å²) >= 11 is 0. The lowest BCUT2D eigenvalue weighted by Crippen LogP contribution is -2.74. The van der Waals surface area contributed by atoms with Crippen molar-refractivity contribution in [2.45, 2.75) is 43.9 Å². The van der Waals surface area contributed by atoms with E-state index < -0.39 is 64.4 Å². The molecule has 0 spiro atoms. The molecule has 0 radical (unpaired) electrons. The molecule has 3 saturated carbocycles. The molecule has 1 amide bonds. The maximum absolute atomic E-state index is 14.1. The van der Waals surface area contributed by atoms with Gasteiger partial charge < -0.3 is 26.0 Å². The number of methoxy groups -OCH3 is 1. The lowest BCUT2D eigenvalue weighted by molar-refractivity contribution is -0.181. The van der Waals surface area contributed by atoms with Crippen LogP contribution in [0.2, 0.25) is 0 Å². The average molecular weight is 578 g/mol. The van der Waals surface area contributed by atoms with Gasteiger partial charge in [-0.05, 0) is 69.8 Å². The molecule has 6 rings (SSSR count). The quantitative estimate of drug-likeness (QED) is 0.340. The Labute approximate surface area is 242 Å². The second-order valence-corrected chi connectivity index (χ2v) is 12.5. The van der Waals surface area contributed by atoms with Crippen molar-refractivity contribution in [3.05, 3.63) is 34.9 Å². The van der Waals surface area contributed by atoms with Crippen LogP contribution in [0.4, 0.5) is 0 Å². The molecular weight excluding hydrogens is 542 g/mol. The number of nitrogens with zero attached hydrogens (tertiary/aromatic N) is 1. The van der Waals surface area contributed by atoms with Crippen LogP contribution in [0.25, 0.3) is 10.8 Å². The highest BCUT2D eigenvalue weighted by Crippen LogP contribution is 2.53. The number of hydrogen-bond acceptors (Lipinski definition) is 10. The number of carbonyl (C=O) groups is 5. The summed E-state index contributed by atoms with van der Waals surface area (Å²) in [4.78, 5) is 68.5. The largest absolute Gasteiger partial charge is 0.507 e. The third-order valence-corrected chi connectivity index (χ3v) is 9.71. The minimum absolute atomic E-state index is 0.0164. The molecule has 0 bridgehead atoms. The number of nitrogens with two attached hydrogens (primary N) is 1. The topological polar surface area (TPSA) is 176 Å². The number of aromatic hydroxyl groups is 1. The molecule has 11 heteroatoms. The number of nitrogens with one attached hydrogen (secondary N) is 1. The van der Waals surface area contributed by atoms with Gasteiger partial charge in [-0.15, -0.1) is 0 Å². The fraction of sp³-hybridized carbons (Fsp3) is 0.516. The zero-order chi connectivity index (χ0) is 30.2. The van der Waals surface area contributed by atoms with Gasteiger partial charge in [-0.25, -0.2) is 0 Å². The van der Waals surface area contributed by atoms with E-state index in [0.29, 0.717) is 34.5 Å². The zero-order valence-electron chi connectivity index (χ0n) is 23.8. The highest BCUT2D eigenvalue weighted by Gasteiger charge is 2.69. The van der Waals surface area contributed by atoms with Crippen molar-refractivity contribution in [3.63, 3.8) is 0 Å². The first-order chi connectivity index (χ1) is 19.9. The number of benzene rings is 2. The number of primary amides is 1. The molecule has 222 valence electrons. The molecule has 2 aromatic carbocycles. The number of phenols is 1. The molecule has 11 nitrogen and oxygen atoms in total. The summed E-state index contributed by atoms with van der Waals surface area (Å²) in [5.74, 6) is -9.61. The molecule has 4 aliphatic rings.